The Morgan fingerprint density at radius 1 is 1.13 bits per heavy atom. The SMILES string of the molecule is CC(=O)O[C@@H](C)/C=C\C(=O)N[C@@H]1C[C@H](C)[C@H](C/C=C(C)/C=C/[C@@H]2C[C@]3(C[C@@H](CC(=O)O)O2)OC3C)O[C@@H]1C. The number of carboxylic acids is 1. The minimum Gasteiger partial charge on any atom is -0.481 e. The van der Waals surface area contributed by atoms with E-state index < -0.39 is 12.1 Å². The van der Waals surface area contributed by atoms with E-state index >= 15 is 0 Å². The molecule has 3 heterocycles. The van der Waals surface area contributed by atoms with Crippen LogP contribution in [-0.4, -0.2) is 71.2 Å². The highest BCUT2D eigenvalue weighted by atomic mass is 16.6. The van der Waals surface area contributed by atoms with Crippen molar-refractivity contribution in [2.45, 2.75) is 122 Å². The van der Waals surface area contributed by atoms with Crippen molar-refractivity contribution < 1.29 is 38.4 Å². The van der Waals surface area contributed by atoms with Crippen LogP contribution in [0.3, 0.4) is 0 Å². The summed E-state index contributed by atoms with van der Waals surface area (Å²) in [6.07, 6.45) is 11.1. The molecule has 0 aromatic carbocycles. The van der Waals surface area contributed by atoms with Gasteiger partial charge in [-0.1, -0.05) is 30.7 Å². The number of hydrogen-bond donors (Lipinski definition) is 2. The number of carbonyl (C=O) groups excluding carboxylic acids is 2. The predicted molar refractivity (Wildman–Crippen MR) is 141 cm³/mol. The molecular formula is C29H43NO8. The maximum atomic E-state index is 12.3. The second-order valence-electron chi connectivity index (χ2n) is 11.1. The third-order valence-electron chi connectivity index (χ3n) is 7.65. The summed E-state index contributed by atoms with van der Waals surface area (Å²) in [5, 5.41) is 12.2. The minimum absolute atomic E-state index is 0.0166. The largest absolute Gasteiger partial charge is 0.481 e. The lowest BCUT2D eigenvalue weighted by Crippen LogP contribution is -2.50. The molecule has 0 saturated carbocycles. The number of carboxylic acid groups (broad SMARTS) is 1. The molecule has 1 spiro atoms. The predicted octanol–water partition coefficient (Wildman–Crippen LogP) is 3.86. The average molecular weight is 534 g/mol. The molecule has 0 aromatic rings. The van der Waals surface area contributed by atoms with Gasteiger partial charge in [0.1, 0.15) is 6.10 Å². The summed E-state index contributed by atoms with van der Waals surface area (Å²) in [4.78, 5) is 34.5. The van der Waals surface area contributed by atoms with Crippen molar-refractivity contribution in [2.75, 3.05) is 0 Å². The first-order valence-electron chi connectivity index (χ1n) is 13.6. The Hall–Kier alpha value is -2.49. The second kappa shape index (κ2) is 13.0. The molecule has 1 unspecified atom stereocenters. The Labute approximate surface area is 225 Å². The zero-order valence-corrected chi connectivity index (χ0v) is 23.3. The summed E-state index contributed by atoms with van der Waals surface area (Å²) in [6.45, 7) is 11.2. The Morgan fingerprint density at radius 2 is 1.84 bits per heavy atom. The fourth-order valence-electron chi connectivity index (χ4n) is 5.42. The van der Waals surface area contributed by atoms with Crippen LogP contribution in [-0.2, 0) is 33.3 Å². The van der Waals surface area contributed by atoms with Crippen LogP contribution in [0.5, 0.6) is 0 Å². The molecule has 2 N–H and O–H groups in total. The van der Waals surface area contributed by atoms with E-state index in [-0.39, 0.29) is 66.4 Å². The van der Waals surface area contributed by atoms with Gasteiger partial charge in [0.2, 0.25) is 5.91 Å². The van der Waals surface area contributed by atoms with Crippen molar-refractivity contribution in [1.82, 2.24) is 5.32 Å². The summed E-state index contributed by atoms with van der Waals surface area (Å²) in [7, 11) is 0. The number of ether oxygens (including phenoxy) is 4. The van der Waals surface area contributed by atoms with Gasteiger partial charge in [0.25, 0.3) is 0 Å². The molecule has 3 rings (SSSR count). The highest BCUT2D eigenvalue weighted by molar-refractivity contribution is 5.87. The Kier molecular flexibility index (Phi) is 10.3. The van der Waals surface area contributed by atoms with E-state index in [1.54, 1.807) is 13.0 Å². The maximum Gasteiger partial charge on any atom is 0.305 e. The van der Waals surface area contributed by atoms with Crippen LogP contribution in [0.2, 0.25) is 0 Å². The number of epoxide rings is 1. The van der Waals surface area contributed by atoms with Crippen LogP contribution in [0.4, 0.5) is 0 Å². The lowest BCUT2D eigenvalue weighted by atomic mass is 9.87. The zero-order chi connectivity index (χ0) is 28.0. The van der Waals surface area contributed by atoms with Crippen molar-refractivity contribution in [3.05, 3.63) is 36.0 Å². The topological polar surface area (TPSA) is 124 Å². The first-order valence-corrected chi connectivity index (χ1v) is 13.6. The molecule has 3 aliphatic rings. The molecular weight excluding hydrogens is 490 g/mol. The summed E-state index contributed by atoms with van der Waals surface area (Å²) in [6, 6.07) is -0.103. The third kappa shape index (κ3) is 8.78. The first kappa shape index (κ1) is 30.1. The van der Waals surface area contributed by atoms with Crippen molar-refractivity contribution in [1.29, 1.82) is 0 Å². The summed E-state index contributed by atoms with van der Waals surface area (Å²) >= 11 is 0. The first-order chi connectivity index (χ1) is 17.9. The van der Waals surface area contributed by atoms with Gasteiger partial charge in [-0.3, -0.25) is 14.4 Å². The Balaban J connectivity index is 1.48. The van der Waals surface area contributed by atoms with Gasteiger partial charge in [0.05, 0.1) is 48.6 Å². The van der Waals surface area contributed by atoms with Crippen molar-refractivity contribution in [3.63, 3.8) is 0 Å². The summed E-state index contributed by atoms with van der Waals surface area (Å²) in [5.74, 6) is -1.24. The maximum absolute atomic E-state index is 12.3. The van der Waals surface area contributed by atoms with Crippen molar-refractivity contribution >= 4 is 17.8 Å². The van der Waals surface area contributed by atoms with Crippen LogP contribution in [0, 0.1) is 5.92 Å². The molecule has 0 bridgehead atoms. The van der Waals surface area contributed by atoms with Crippen LogP contribution in [0.15, 0.2) is 36.0 Å². The number of carbonyl (C=O) groups is 3. The molecule has 212 valence electrons. The van der Waals surface area contributed by atoms with Crippen molar-refractivity contribution in [3.8, 4) is 0 Å². The van der Waals surface area contributed by atoms with E-state index in [0.29, 0.717) is 6.42 Å². The van der Waals surface area contributed by atoms with Gasteiger partial charge in [0.15, 0.2) is 0 Å². The molecule has 9 heteroatoms. The highest BCUT2D eigenvalue weighted by Gasteiger charge is 2.57. The second-order valence-corrected chi connectivity index (χ2v) is 11.1. The number of amides is 1. The highest BCUT2D eigenvalue weighted by Crippen LogP contribution is 2.48. The van der Waals surface area contributed by atoms with Gasteiger partial charge in [-0.15, -0.1) is 0 Å². The van der Waals surface area contributed by atoms with Crippen LogP contribution >= 0.6 is 0 Å². The molecule has 9 atom stereocenters. The normalized spacial score (nSPS) is 36.4. The molecule has 3 aliphatic heterocycles. The third-order valence-corrected chi connectivity index (χ3v) is 7.65. The van der Waals surface area contributed by atoms with Gasteiger partial charge < -0.3 is 29.4 Å². The Morgan fingerprint density at radius 3 is 2.47 bits per heavy atom. The molecule has 38 heavy (non-hydrogen) atoms. The zero-order valence-electron chi connectivity index (χ0n) is 23.3. The van der Waals surface area contributed by atoms with E-state index in [1.807, 2.05) is 32.9 Å². The lowest BCUT2D eigenvalue weighted by Gasteiger charge is -2.39. The lowest BCUT2D eigenvalue weighted by molar-refractivity contribution is -0.144. The van der Waals surface area contributed by atoms with Crippen LogP contribution in [0.25, 0.3) is 0 Å². The number of allylic oxidation sites excluding steroid dienone is 2. The fraction of sp³-hybridized carbons (Fsp3) is 0.690. The van der Waals surface area contributed by atoms with Crippen LogP contribution in [0.1, 0.15) is 73.6 Å². The smallest absolute Gasteiger partial charge is 0.305 e. The van der Waals surface area contributed by atoms with Crippen LogP contribution < -0.4 is 5.32 Å². The quantitative estimate of drug-likeness (QED) is 0.188. The van der Waals surface area contributed by atoms with E-state index in [2.05, 4.69) is 18.3 Å². The minimum atomic E-state index is -0.859. The van der Waals surface area contributed by atoms with Gasteiger partial charge in [0, 0.05) is 25.8 Å². The molecule has 1 amide bonds. The fourth-order valence-corrected chi connectivity index (χ4v) is 5.42. The number of rotatable bonds is 10. The molecule has 3 fully saturated rings. The standard InChI is InChI=1S/C29H43NO8/c1-17(7-10-23-15-29(21(5)38-29)16-24(37-23)14-28(33)34)8-11-26-18(2)13-25(20(4)36-26)30-27(32)12-9-19(3)35-22(6)31/h7-10,12,18-21,23-26H,11,13-16H2,1-6H3,(H,30,32)(H,33,34)/b10-7+,12-9-,17-8+/t18-,19-,20+,21?,23+,24+,25+,26-,29+/m0/s1. The van der Waals surface area contributed by atoms with Gasteiger partial charge in [-0.25, -0.2) is 0 Å². The number of esters is 1. The average Bonchev–Trinajstić information content (AvgIpc) is 3.42. The van der Waals surface area contributed by atoms with E-state index in [4.69, 9.17) is 18.9 Å². The number of hydrogen-bond acceptors (Lipinski definition) is 7. The number of nitrogens with one attached hydrogen (secondary N) is 1. The van der Waals surface area contributed by atoms with Gasteiger partial charge in [-0.2, -0.15) is 0 Å². The molecule has 0 radical (unpaired) electrons. The summed E-state index contributed by atoms with van der Waals surface area (Å²) < 4.78 is 23.1. The van der Waals surface area contributed by atoms with E-state index in [9.17, 15) is 19.5 Å². The van der Waals surface area contributed by atoms with Gasteiger partial charge >= 0.3 is 11.9 Å². The van der Waals surface area contributed by atoms with Crippen molar-refractivity contribution in [2.24, 2.45) is 5.92 Å². The molecule has 0 aromatic heterocycles. The molecule has 3 saturated heterocycles. The van der Waals surface area contributed by atoms with E-state index in [0.717, 1.165) is 24.8 Å². The van der Waals surface area contributed by atoms with E-state index in [1.165, 1.54) is 13.0 Å². The molecule has 9 nitrogen and oxygen atoms in total. The molecule has 0 aliphatic carbocycles. The van der Waals surface area contributed by atoms with Gasteiger partial charge in [-0.05, 0) is 52.5 Å². The Bertz CT molecular complexity index is 958. The summed E-state index contributed by atoms with van der Waals surface area (Å²) in [5.41, 5.74) is 0.827. The number of aliphatic carboxylic acids is 1. The monoisotopic (exact) mass is 533 g/mol.